The molecule has 456 valence electrons. The minimum atomic E-state index is -5.19. The molecule has 0 radical (unpaired) electrons. The van der Waals surface area contributed by atoms with E-state index in [4.69, 9.17) is 44.1 Å². The number of ether oxygens (including phenoxy) is 6. The van der Waals surface area contributed by atoms with Gasteiger partial charge in [-0.3, -0.25) is 24.0 Å². The van der Waals surface area contributed by atoms with E-state index in [-0.39, 0.29) is 87.7 Å². The number of esters is 1. The van der Waals surface area contributed by atoms with Gasteiger partial charge in [0.05, 0.1) is 115 Å². The first kappa shape index (κ1) is 67.8. The number of halogens is 5. The van der Waals surface area contributed by atoms with Crippen LogP contribution in [0, 0.1) is 17.6 Å². The van der Waals surface area contributed by atoms with E-state index in [1.807, 2.05) is 21.1 Å². The van der Waals surface area contributed by atoms with Crippen molar-refractivity contribution in [1.29, 1.82) is 0 Å². The number of amides is 4. The van der Waals surface area contributed by atoms with Crippen LogP contribution in [0.3, 0.4) is 0 Å². The summed E-state index contributed by atoms with van der Waals surface area (Å²) in [6.07, 6.45) is -1.26. The molecule has 0 spiro atoms. The van der Waals surface area contributed by atoms with Crippen molar-refractivity contribution in [3.05, 3.63) is 59.8 Å². The van der Waals surface area contributed by atoms with Crippen LogP contribution in [0.2, 0.25) is 0 Å². The second-order valence-electron chi connectivity index (χ2n) is 20.5. The number of quaternary nitrogens is 1. The number of likely N-dealkylation sites (tertiary alicyclic amines) is 1. The lowest BCUT2D eigenvalue weighted by molar-refractivity contribution is -0.870. The number of nitrogens with one attached hydrogen (secondary N) is 3. The normalized spacial score (nSPS) is 15.9. The lowest BCUT2D eigenvalue weighted by Crippen LogP contribution is -2.56. The standard InChI is InChI=1S/C51H73F2N9O12S.C2HF3O2/c1-34(2)46(49(66)60-75(6,68)33-35-27-37-30-38(28-35)72-18-7-8-19-73-43-29-36(52)12-13-39(43)47-40(53)32-55-51(56-37)59-47)58-48(65)42-11-9-16-61(42)50(67)41(31-45(64)74-20-10-17-62(3,4)5)57-44(63)14-21-69-23-25-71-26-24-70-22-15-54;3-2(4,5)1(6)7/h12-13,27-30,32,34,41-42,46H,7-11,14-26,31,33,54H2,1-6H3,(H2-,55,56,57,58,59,63,65);(H,6,7)/t41-,42-,46-,75+;/m0./s1. The maximum absolute atomic E-state index is 15.2. The minimum Gasteiger partial charge on any atom is -0.542 e. The number of fused-ring (bicyclic) bond motifs is 6. The smallest absolute Gasteiger partial charge is 0.430 e. The Morgan fingerprint density at radius 1 is 0.927 bits per heavy atom. The van der Waals surface area contributed by atoms with Gasteiger partial charge in [-0.25, -0.2) is 23.0 Å². The van der Waals surface area contributed by atoms with Gasteiger partial charge >= 0.3 is 12.1 Å². The largest absolute Gasteiger partial charge is 0.542 e. The van der Waals surface area contributed by atoms with E-state index >= 15 is 4.39 Å². The second-order valence-corrected chi connectivity index (χ2v) is 22.8. The van der Waals surface area contributed by atoms with E-state index in [1.165, 1.54) is 29.4 Å². The summed E-state index contributed by atoms with van der Waals surface area (Å²) in [5.41, 5.74) is 6.34. The van der Waals surface area contributed by atoms with Crippen molar-refractivity contribution in [2.75, 3.05) is 112 Å². The summed E-state index contributed by atoms with van der Waals surface area (Å²) < 4.78 is 114. The van der Waals surface area contributed by atoms with Gasteiger partial charge in [0.25, 0.3) is 5.91 Å². The second kappa shape index (κ2) is 32.8. The van der Waals surface area contributed by atoms with Crippen molar-refractivity contribution in [2.24, 2.45) is 16.0 Å². The highest BCUT2D eigenvalue weighted by Gasteiger charge is 2.40. The number of aromatic nitrogens is 2. The molecule has 82 heavy (non-hydrogen) atoms. The Balaban J connectivity index is 0.00000193. The van der Waals surface area contributed by atoms with Crippen LogP contribution in [0.15, 0.2) is 47.0 Å². The van der Waals surface area contributed by atoms with Gasteiger partial charge in [0.2, 0.25) is 23.7 Å². The molecule has 4 atom stereocenters. The quantitative estimate of drug-likeness (QED) is 0.0410. The molecule has 1 fully saturated rings. The Labute approximate surface area is 473 Å². The number of carboxylic acid groups (broad SMARTS) is 1. The van der Waals surface area contributed by atoms with E-state index in [0.29, 0.717) is 73.5 Å². The molecule has 4 amide bonds. The fourth-order valence-corrected chi connectivity index (χ4v) is 9.44. The van der Waals surface area contributed by atoms with Crippen molar-refractivity contribution in [1.82, 2.24) is 25.5 Å². The SMILES string of the molecule is CC(C)[C@H](NC(=O)[C@@H]1CCCN1C(=O)[C@H](CC(=O)OCCC[N+](C)(C)C)NC(=O)CCOCCOCCOCCN)C(=O)N=[S@](C)(=O)Cc1cc2cc(c1)OCCCCOc1cc(F)ccc1-c1nc(ncc1F)N2.O=C([O-])C(F)(F)F. The fourth-order valence-electron chi connectivity index (χ4n) is 8.09. The number of carboxylic acids is 1. The molecule has 0 unspecified atom stereocenters. The maximum Gasteiger partial charge on any atom is 0.430 e. The van der Waals surface area contributed by atoms with E-state index in [9.17, 15) is 45.7 Å². The highest BCUT2D eigenvalue weighted by molar-refractivity contribution is 7.92. The molecule has 3 heterocycles. The Kier molecular flexibility index (Phi) is 27.2. The van der Waals surface area contributed by atoms with Crippen molar-refractivity contribution in [2.45, 2.75) is 88.8 Å². The van der Waals surface area contributed by atoms with Gasteiger partial charge in [-0.2, -0.15) is 17.5 Å². The molecule has 1 saturated heterocycles. The van der Waals surface area contributed by atoms with Crippen LogP contribution in [-0.2, 0) is 63.2 Å². The Hall–Kier alpha value is -6.66. The zero-order valence-electron chi connectivity index (χ0n) is 46.8. The van der Waals surface area contributed by atoms with Crippen LogP contribution in [0.4, 0.5) is 33.6 Å². The molecule has 0 aliphatic carbocycles. The summed E-state index contributed by atoms with van der Waals surface area (Å²) in [7, 11) is 2.67. The molecule has 4 bridgehead atoms. The zero-order valence-corrected chi connectivity index (χ0v) is 47.6. The van der Waals surface area contributed by atoms with Gasteiger partial charge in [-0.15, -0.1) is 0 Å². The average molecular weight is 1190 g/mol. The van der Waals surface area contributed by atoms with Gasteiger partial charge in [-0.1, -0.05) is 13.8 Å². The molecule has 29 heteroatoms. The molecule has 0 saturated carbocycles. The third kappa shape index (κ3) is 24.0. The summed E-state index contributed by atoms with van der Waals surface area (Å²) in [5.74, 6) is -8.06. The minimum absolute atomic E-state index is 0.00860. The predicted molar refractivity (Wildman–Crippen MR) is 286 cm³/mol. The summed E-state index contributed by atoms with van der Waals surface area (Å²) in [5, 5.41) is 17.2. The number of aliphatic carboxylic acids is 1. The molecule has 5 N–H and O–H groups in total. The predicted octanol–water partition coefficient (Wildman–Crippen LogP) is 3.18. The number of hydrogen-bond acceptors (Lipinski definition) is 18. The molecule has 5 rings (SSSR count). The summed E-state index contributed by atoms with van der Waals surface area (Å²) in [4.78, 5) is 87.2. The molecular formula is C53H74F5N9O14S. The van der Waals surface area contributed by atoms with Crippen LogP contribution in [0.25, 0.3) is 11.3 Å². The number of anilines is 2. The number of hydrogen-bond donors (Lipinski definition) is 4. The molecular weight excluding hydrogens is 1110 g/mol. The van der Waals surface area contributed by atoms with E-state index in [2.05, 4.69) is 30.3 Å². The van der Waals surface area contributed by atoms with Gasteiger partial charge in [-0.05, 0) is 61.4 Å². The molecule has 23 nitrogen and oxygen atoms in total. The topological polar surface area (TPSA) is 301 Å². The number of carbonyl (C=O) groups is 6. The molecule has 2 aliphatic heterocycles. The Morgan fingerprint density at radius 3 is 2.23 bits per heavy atom. The maximum atomic E-state index is 15.2. The number of nitrogens with two attached hydrogens (primary N) is 1. The van der Waals surface area contributed by atoms with Gasteiger partial charge in [0, 0.05) is 55.6 Å². The van der Waals surface area contributed by atoms with Crippen LogP contribution >= 0.6 is 0 Å². The number of carbonyl (C=O) groups excluding carboxylic acids is 6. The first-order valence-corrected chi connectivity index (χ1v) is 28.6. The van der Waals surface area contributed by atoms with Gasteiger partial charge in [0.1, 0.15) is 47.1 Å². The summed E-state index contributed by atoms with van der Waals surface area (Å²) in [6, 6.07) is 4.99. The molecule has 2 aromatic carbocycles. The number of nitrogens with zero attached hydrogens (tertiary/aromatic N) is 5. The zero-order chi connectivity index (χ0) is 60.6. The fraction of sp³-hybridized carbons (Fsp3) is 0.585. The lowest BCUT2D eigenvalue weighted by atomic mass is 10.0. The van der Waals surface area contributed by atoms with Crippen molar-refractivity contribution < 1.29 is 92.9 Å². The third-order valence-corrected chi connectivity index (χ3v) is 13.4. The van der Waals surface area contributed by atoms with Crippen molar-refractivity contribution in [3.63, 3.8) is 0 Å². The van der Waals surface area contributed by atoms with Crippen LogP contribution in [-0.4, -0.2) is 190 Å². The average Bonchev–Trinajstić information content (AvgIpc) is 3.95. The molecule has 1 aromatic heterocycles. The number of rotatable bonds is 25. The van der Waals surface area contributed by atoms with Gasteiger partial charge < -0.3 is 69.4 Å². The van der Waals surface area contributed by atoms with E-state index < -0.39 is 93.6 Å². The number of benzene rings is 2. The first-order chi connectivity index (χ1) is 38.7. The summed E-state index contributed by atoms with van der Waals surface area (Å²) in [6.45, 7) is 6.85. The molecule has 2 aliphatic rings. The molecule has 3 aromatic rings. The Morgan fingerprint density at radius 2 is 1.59 bits per heavy atom. The lowest BCUT2D eigenvalue weighted by Gasteiger charge is -2.30. The number of alkyl halides is 3. The van der Waals surface area contributed by atoms with E-state index in [1.54, 1.807) is 32.0 Å². The van der Waals surface area contributed by atoms with Crippen LogP contribution < -0.4 is 36.3 Å². The Bertz CT molecular complexity index is 2760. The van der Waals surface area contributed by atoms with E-state index in [0.717, 1.165) is 12.7 Å². The monoisotopic (exact) mass is 1190 g/mol. The summed E-state index contributed by atoms with van der Waals surface area (Å²) >= 11 is 0. The highest BCUT2D eigenvalue weighted by Crippen LogP contribution is 2.33. The van der Waals surface area contributed by atoms with Crippen molar-refractivity contribution in [3.8, 4) is 22.8 Å². The van der Waals surface area contributed by atoms with Crippen LogP contribution in [0.5, 0.6) is 11.5 Å². The highest BCUT2D eigenvalue weighted by atomic mass is 32.2. The third-order valence-electron chi connectivity index (χ3n) is 12.0. The van der Waals surface area contributed by atoms with Crippen LogP contribution in [0.1, 0.15) is 64.4 Å². The van der Waals surface area contributed by atoms with Gasteiger partial charge in [0.15, 0.2) is 5.82 Å². The first-order valence-electron chi connectivity index (χ1n) is 26.5. The van der Waals surface area contributed by atoms with Crippen molar-refractivity contribution >= 4 is 56.9 Å².